The molecule has 2 rings (SSSR count). The zero-order chi connectivity index (χ0) is 16.7. The van der Waals surface area contributed by atoms with Gasteiger partial charge in [0.15, 0.2) is 5.11 Å². The Balaban J connectivity index is 1.68. The van der Waals surface area contributed by atoms with E-state index in [2.05, 4.69) is 10.6 Å². The van der Waals surface area contributed by atoms with Gasteiger partial charge in [-0.3, -0.25) is 0 Å². The minimum Gasteiger partial charge on any atom is -0.362 e. The SMILES string of the molecule is S=C(NCCSCc1c(Cl)cccc1Cl)Nc1cccc(Cl)c1. The highest BCUT2D eigenvalue weighted by atomic mass is 35.5. The van der Waals surface area contributed by atoms with E-state index in [0.29, 0.717) is 20.2 Å². The Bertz CT molecular complexity index is 660. The summed E-state index contributed by atoms with van der Waals surface area (Å²) < 4.78 is 0. The van der Waals surface area contributed by atoms with Gasteiger partial charge in [0, 0.05) is 38.8 Å². The molecule has 0 atom stereocenters. The van der Waals surface area contributed by atoms with Gasteiger partial charge in [0.05, 0.1) is 0 Å². The molecule has 7 heteroatoms. The van der Waals surface area contributed by atoms with Gasteiger partial charge in [-0.2, -0.15) is 11.8 Å². The third-order valence-electron chi connectivity index (χ3n) is 2.92. The van der Waals surface area contributed by atoms with Crippen molar-refractivity contribution in [3.8, 4) is 0 Å². The van der Waals surface area contributed by atoms with E-state index in [1.54, 1.807) is 11.8 Å². The van der Waals surface area contributed by atoms with Gasteiger partial charge in [-0.15, -0.1) is 0 Å². The van der Waals surface area contributed by atoms with Gasteiger partial charge in [-0.05, 0) is 48.1 Å². The summed E-state index contributed by atoms with van der Waals surface area (Å²) in [5.74, 6) is 1.66. The van der Waals surface area contributed by atoms with E-state index in [-0.39, 0.29) is 0 Å². The van der Waals surface area contributed by atoms with Crippen molar-refractivity contribution in [1.82, 2.24) is 5.32 Å². The molecule has 0 aromatic heterocycles. The molecule has 2 aromatic rings. The largest absolute Gasteiger partial charge is 0.362 e. The second kappa shape index (κ2) is 9.60. The van der Waals surface area contributed by atoms with Gasteiger partial charge < -0.3 is 10.6 Å². The van der Waals surface area contributed by atoms with Crippen molar-refractivity contribution in [3.63, 3.8) is 0 Å². The van der Waals surface area contributed by atoms with Gasteiger partial charge in [0.2, 0.25) is 0 Å². The summed E-state index contributed by atoms with van der Waals surface area (Å²) in [5, 5.41) is 8.90. The molecule has 0 bridgehead atoms. The number of hydrogen-bond donors (Lipinski definition) is 2. The van der Waals surface area contributed by atoms with E-state index in [9.17, 15) is 0 Å². The molecule has 0 aliphatic carbocycles. The first-order valence-electron chi connectivity index (χ1n) is 6.87. The van der Waals surface area contributed by atoms with Crippen LogP contribution in [0, 0.1) is 0 Å². The van der Waals surface area contributed by atoms with Crippen molar-refractivity contribution >= 4 is 69.6 Å². The first kappa shape index (κ1) is 18.7. The quantitative estimate of drug-likeness (QED) is 0.464. The fourth-order valence-corrected chi connectivity index (χ4v) is 3.83. The first-order valence-corrected chi connectivity index (χ1v) is 9.57. The second-order valence-corrected chi connectivity index (χ2v) is 7.41. The van der Waals surface area contributed by atoms with Gasteiger partial charge in [-0.1, -0.05) is 46.9 Å². The molecule has 0 unspecified atom stereocenters. The summed E-state index contributed by atoms with van der Waals surface area (Å²) in [6.45, 7) is 0.749. The maximum atomic E-state index is 6.14. The van der Waals surface area contributed by atoms with E-state index < -0.39 is 0 Å². The van der Waals surface area contributed by atoms with Gasteiger partial charge in [-0.25, -0.2) is 0 Å². The van der Waals surface area contributed by atoms with Crippen molar-refractivity contribution in [2.24, 2.45) is 0 Å². The number of hydrogen-bond acceptors (Lipinski definition) is 2. The summed E-state index contributed by atoms with van der Waals surface area (Å²) in [7, 11) is 0. The number of benzene rings is 2. The van der Waals surface area contributed by atoms with Crippen molar-refractivity contribution in [3.05, 3.63) is 63.1 Å². The second-order valence-electron chi connectivity index (χ2n) is 4.64. The van der Waals surface area contributed by atoms with Crippen LogP contribution in [0.4, 0.5) is 5.69 Å². The normalized spacial score (nSPS) is 10.4. The molecule has 0 aliphatic heterocycles. The standard InChI is InChI=1S/C16H15Cl3N2S2/c17-11-3-1-4-12(9-11)21-16(22)20-7-8-23-10-13-14(18)5-2-6-15(13)19/h1-6,9H,7-8,10H2,(H2,20,21,22). The molecule has 122 valence electrons. The smallest absolute Gasteiger partial charge is 0.170 e. The Morgan fingerprint density at radius 1 is 1.04 bits per heavy atom. The molecule has 23 heavy (non-hydrogen) atoms. The van der Waals surface area contributed by atoms with Crippen LogP contribution in [-0.2, 0) is 5.75 Å². The van der Waals surface area contributed by atoms with Gasteiger partial charge >= 0.3 is 0 Å². The molecule has 0 spiro atoms. The Labute approximate surface area is 160 Å². The zero-order valence-electron chi connectivity index (χ0n) is 12.1. The van der Waals surface area contributed by atoms with E-state index >= 15 is 0 Å². The summed E-state index contributed by atoms with van der Waals surface area (Å²) in [4.78, 5) is 0. The molecule has 0 saturated heterocycles. The molecule has 0 radical (unpaired) electrons. The number of thiocarbonyl (C=S) groups is 1. The summed E-state index contributed by atoms with van der Waals surface area (Å²) in [6, 6.07) is 13.0. The molecular weight excluding hydrogens is 391 g/mol. The molecule has 2 aromatic carbocycles. The third-order valence-corrected chi connectivity index (χ3v) is 5.10. The maximum Gasteiger partial charge on any atom is 0.170 e. The van der Waals surface area contributed by atoms with Crippen LogP contribution in [0.25, 0.3) is 0 Å². The minimum absolute atomic E-state index is 0.573. The molecular formula is C16H15Cl3N2S2. The predicted octanol–water partition coefficient (Wildman–Crippen LogP) is 5.87. The Morgan fingerprint density at radius 3 is 2.43 bits per heavy atom. The van der Waals surface area contributed by atoms with Crippen molar-refractivity contribution < 1.29 is 0 Å². The highest BCUT2D eigenvalue weighted by molar-refractivity contribution is 7.98. The van der Waals surface area contributed by atoms with Crippen LogP contribution < -0.4 is 10.6 Å². The van der Waals surface area contributed by atoms with E-state index in [4.69, 9.17) is 47.0 Å². The number of anilines is 1. The van der Waals surface area contributed by atoms with Crippen LogP contribution in [0.1, 0.15) is 5.56 Å². The van der Waals surface area contributed by atoms with Crippen molar-refractivity contribution in [2.75, 3.05) is 17.6 Å². The average Bonchev–Trinajstić information content (AvgIpc) is 2.49. The molecule has 0 fully saturated rings. The molecule has 2 nitrogen and oxygen atoms in total. The van der Waals surface area contributed by atoms with Crippen LogP contribution in [0.5, 0.6) is 0 Å². The summed E-state index contributed by atoms with van der Waals surface area (Å²) in [6.07, 6.45) is 0. The topological polar surface area (TPSA) is 24.1 Å². The van der Waals surface area contributed by atoms with Crippen molar-refractivity contribution in [1.29, 1.82) is 0 Å². The molecule has 0 saturated carbocycles. The third kappa shape index (κ3) is 6.40. The Kier molecular flexibility index (Phi) is 7.80. The fraction of sp³-hybridized carbons (Fsp3) is 0.188. The lowest BCUT2D eigenvalue weighted by molar-refractivity contribution is 0.990. The summed E-state index contributed by atoms with van der Waals surface area (Å²) in [5.41, 5.74) is 1.84. The van der Waals surface area contributed by atoms with Crippen LogP contribution in [-0.4, -0.2) is 17.4 Å². The van der Waals surface area contributed by atoms with Gasteiger partial charge in [0.1, 0.15) is 0 Å². The molecule has 0 amide bonds. The van der Waals surface area contributed by atoms with E-state index in [1.165, 1.54) is 0 Å². The minimum atomic E-state index is 0.573. The average molecular weight is 406 g/mol. The van der Waals surface area contributed by atoms with Crippen LogP contribution >= 0.6 is 58.8 Å². The lowest BCUT2D eigenvalue weighted by atomic mass is 10.2. The van der Waals surface area contributed by atoms with E-state index in [0.717, 1.165) is 29.3 Å². The van der Waals surface area contributed by atoms with Gasteiger partial charge in [0.25, 0.3) is 0 Å². The molecule has 0 aliphatic rings. The van der Waals surface area contributed by atoms with Crippen LogP contribution in [0.2, 0.25) is 15.1 Å². The van der Waals surface area contributed by atoms with E-state index in [1.807, 2.05) is 42.5 Å². The summed E-state index contributed by atoms with van der Waals surface area (Å²) >= 11 is 25.2. The number of nitrogens with one attached hydrogen (secondary N) is 2. The fourth-order valence-electron chi connectivity index (χ4n) is 1.82. The predicted molar refractivity (Wildman–Crippen MR) is 108 cm³/mol. The van der Waals surface area contributed by atoms with Crippen LogP contribution in [0.3, 0.4) is 0 Å². The zero-order valence-corrected chi connectivity index (χ0v) is 16.0. The number of halogens is 3. The lowest BCUT2D eigenvalue weighted by Gasteiger charge is -2.11. The maximum absolute atomic E-state index is 6.14. The molecule has 2 N–H and O–H groups in total. The first-order chi connectivity index (χ1) is 11.1. The number of thioether (sulfide) groups is 1. The molecule has 0 heterocycles. The lowest BCUT2D eigenvalue weighted by Crippen LogP contribution is -2.30. The van der Waals surface area contributed by atoms with Crippen molar-refractivity contribution in [2.45, 2.75) is 5.75 Å². The Morgan fingerprint density at radius 2 is 1.74 bits per heavy atom. The monoisotopic (exact) mass is 404 g/mol. The Hall–Kier alpha value is -0.650. The number of rotatable bonds is 6. The highest BCUT2D eigenvalue weighted by Crippen LogP contribution is 2.27. The highest BCUT2D eigenvalue weighted by Gasteiger charge is 2.05. The van der Waals surface area contributed by atoms with Crippen LogP contribution in [0.15, 0.2) is 42.5 Å².